The number of rotatable bonds is 2. The summed E-state index contributed by atoms with van der Waals surface area (Å²) in [4.78, 5) is 0. The zero-order chi connectivity index (χ0) is 8.97. The van der Waals surface area contributed by atoms with Gasteiger partial charge < -0.3 is 5.21 Å². The average Bonchev–Trinajstić information content (AvgIpc) is 2.28. The van der Waals surface area contributed by atoms with E-state index in [-0.39, 0.29) is 6.04 Å². The molecular formula is C10H15NO. The normalized spacial score (nSPS) is 19.6. The standard InChI is InChI=1S/C10H15NO/c1-8-6-4-3-5-7-10(8)9(2)11-12/h3-4,6-7,9,11-12H,5H2,1-2H3. The zero-order valence-corrected chi connectivity index (χ0v) is 7.54. The third-order valence-corrected chi connectivity index (χ3v) is 2.07. The van der Waals surface area contributed by atoms with Crippen molar-refractivity contribution in [2.24, 2.45) is 0 Å². The first-order valence-electron chi connectivity index (χ1n) is 4.19. The number of hydrogen-bond acceptors (Lipinski definition) is 2. The fraction of sp³-hybridized carbons (Fsp3) is 0.400. The molecule has 0 aromatic heterocycles. The summed E-state index contributed by atoms with van der Waals surface area (Å²) in [5, 5.41) is 8.76. The van der Waals surface area contributed by atoms with Crippen LogP contribution in [0.15, 0.2) is 35.5 Å². The molecule has 66 valence electrons. The van der Waals surface area contributed by atoms with Crippen molar-refractivity contribution in [3.63, 3.8) is 0 Å². The van der Waals surface area contributed by atoms with Crippen LogP contribution in [0.4, 0.5) is 0 Å². The molecule has 0 radical (unpaired) electrons. The Morgan fingerprint density at radius 3 is 3.00 bits per heavy atom. The fourth-order valence-electron chi connectivity index (χ4n) is 1.33. The van der Waals surface area contributed by atoms with Gasteiger partial charge in [0, 0.05) is 0 Å². The molecule has 0 aromatic rings. The van der Waals surface area contributed by atoms with Crippen LogP contribution in [-0.4, -0.2) is 11.2 Å². The lowest BCUT2D eigenvalue weighted by Crippen LogP contribution is -2.24. The minimum Gasteiger partial charge on any atom is -0.316 e. The number of hydroxylamine groups is 1. The van der Waals surface area contributed by atoms with E-state index in [9.17, 15) is 0 Å². The summed E-state index contributed by atoms with van der Waals surface area (Å²) in [5.41, 5.74) is 4.63. The second-order valence-electron chi connectivity index (χ2n) is 3.02. The first-order valence-corrected chi connectivity index (χ1v) is 4.19. The summed E-state index contributed by atoms with van der Waals surface area (Å²) in [6.07, 6.45) is 9.27. The highest BCUT2D eigenvalue weighted by Crippen LogP contribution is 2.17. The molecule has 2 nitrogen and oxygen atoms in total. The molecule has 1 atom stereocenters. The van der Waals surface area contributed by atoms with E-state index in [1.54, 1.807) is 0 Å². The zero-order valence-electron chi connectivity index (χ0n) is 7.54. The second-order valence-corrected chi connectivity index (χ2v) is 3.02. The first-order chi connectivity index (χ1) is 5.75. The summed E-state index contributed by atoms with van der Waals surface area (Å²) in [6.45, 7) is 3.99. The van der Waals surface area contributed by atoms with E-state index >= 15 is 0 Å². The van der Waals surface area contributed by atoms with Crippen LogP contribution in [0.3, 0.4) is 0 Å². The molecular weight excluding hydrogens is 150 g/mol. The third kappa shape index (κ3) is 2.06. The van der Waals surface area contributed by atoms with E-state index in [1.165, 1.54) is 11.1 Å². The van der Waals surface area contributed by atoms with Gasteiger partial charge >= 0.3 is 0 Å². The molecule has 0 saturated heterocycles. The van der Waals surface area contributed by atoms with E-state index < -0.39 is 0 Å². The van der Waals surface area contributed by atoms with Gasteiger partial charge in [-0.25, -0.2) is 0 Å². The van der Waals surface area contributed by atoms with Gasteiger partial charge in [-0.15, -0.1) is 0 Å². The van der Waals surface area contributed by atoms with E-state index in [2.05, 4.69) is 30.6 Å². The Morgan fingerprint density at radius 1 is 1.58 bits per heavy atom. The summed E-state index contributed by atoms with van der Waals surface area (Å²) in [6, 6.07) is 0.0150. The summed E-state index contributed by atoms with van der Waals surface area (Å²) < 4.78 is 0. The Kier molecular flexibility index (Phi) is 3.26. The molecule has 0 amide bonds. The van der Waals surface area contributed by atoms with Crippen molar-refractivity contribution in [3.05, 3.63) is 35.5 Å². The lowest BCUT2D eigenvalue weighted by molar-refractivity contribution is 0.146. The summed E-state index contributed by atoms with van der Waals surface area (Å²) in [7, 11) is 0. The van der Waals surface area contributed by atoms with Gasteiger partial charge in [0.05, 0.1) is 6.04 Å². The smallest absolute Gasteiger partial charge is 0.0540 e. The van der Waals surface area contributed by atoms with Crippen LogP contribution >= 0.6 is 0 Å². The van der Waals surface area contributed by atoms with Gasteiger partial charge in [-0.2, -0.15) is 5.48 Å². The minimum atomic E-state index is 0.0150. The van der Waals surface area contributed by atoms with Crippen LogP contribution in [0.1, 0.15) is 20.3 Å². The van der Waals surface area contributed by atoms with E-state index in [4.69, 9.17) is 5.21 Å². The lowest BCUT2D eigenvalue weighted by atomic mass is 10.0. The molecule has 0 aromatic carbocycles. The van der Waals surface area contributed by atoms with Gasteiger partial charge in [-0.1, -0.05) is 24.3 Å². The van der Waals surface area contributed by atoms with Crippen LogP contribution in [0.25, 0.3) is 0 Å². The van der Waals surface area contributed by atoms with E-state index in [1.807, 2.05) is 13.0 Å². The average molecular weight is 165 g/mol. The highest BCUT2D eigenvalue weighted by molar-refractivity contribution is 5.37. The van der Waals surface area contributed by atoms with Crippen molar-refractivity contribution < 1.29 is 5.21 Å². The minimum absolute atomic E-state index is 0.0150. The van der Waals surface area contributed by atoms with Crippen molar-refractivity contribution in [1.29, 1.82) is 0 Å². The Morgan fingerprint density at radius 2 is 2.33 bits per heavy atom. The van der Waals surface area contributed by atoms with Gasteiger partial charge in [0.2, 0.25) is 0 Å². The third-order valence-electron chi connectivity index (χ3n) is 2.07. The van der Waals surface area contributed by atoms with Crippen LogP contribution in [-0.2, 0) is 0 Å². The molecule has 1 aliphatic carbocycles. The molecule has 0 bridgehead atoms. The Hall–Kier alpha value is -0.860. The van der Waals surface area contributed by atoms with Crippen LogP contribution in [0.2, 0.25) is 0 Å². The van der Waals surface area contributed by atoms with E-state index in [0.29, 0.717) is 0 Å². The van der Waals surface area contributed by atoms with Crippen LogP contribution in [0, 0.1) is 0 Å². The maximum Gasteiger partial charge on any atom is 0.0540 e. The summed E-state index contributed by atoms with van der Waals surface area (Å²) in [5.74, 6) is 0. The molecule has 0 fully saturated rings. The quantitative estimate of drug-likeness (QED) is 0.615. The number of nitrogens with one attached hydrogen (secondary N) is 1. The highest BCUT2D eigenvalue weighted by Gasteiger charge is 2.08. The predicted octanol–water partition coefficient (Wildman–Crippen LogP) is 2.19. The molecule has 12 heavy (non-hydrogen) atoms. The van der Waals surface area contributed by atoms with Gasteiger partial charge in [0.15, 0.2) is 0 Å². The molecule has 1 unspecified atom stereocenters. The van der Waals surface area contributed by atoms with Gasteiger partial charge in [0.25, 0.3) is 0 Å². The maximum absolute atomic E-state index is 8.76. The van der Waals surface area contributed by atoms with Crippen molar-refractivity contribution in [2.45, 2.75) is 26.3 Å². The van der Waals surface area contributed by atoms with Crippen molar-refractivity contribution in [1.82, 2.24) is 5.48 Å². The lowest BCUT2D eigenvalue weighted by Gasteiger charge is -2.13. The maximum atomic E-state index is 8.76. The van der Waals surface area contributed by atoms with Gasteiger partial charge in [0.1, 0.15) is 0 Å². The van der Waals surface area contributed by atoms with Crippen LogP contribution < -0.4 is 5.48 Å². The highest BCUT2D eigenvalue weighted by atomic mass is 16.5. The summed E-state index contributed by atoms with van der Waals surface area (Å²) >= 11 is 0. The van der Waals surface area contributed by atoms with Crippen molar-refractivity contribution in [3.8, 4) is 0 Å². The van der Waals surface area contributed by atoms with Gasteiger partial charge in [-0.3, -0.25) is 0 Å². The second kappa shape index (κ2) is 4.24. The monoisotopic (exact) mass is 165 g/mol. The number of allylic oxidation sites excluding steroid dienone is 4. The molecule has 0 saturated carbocycles. The van der Waals surface area contributed by atoms with Crippen molar-refractivity contribution in [2.75, 3.05) is 0 Å². The molecule has 0 heterocycles. The predicted molar refractivity (Wildman–Crippen MR) is 50.0 cm³/mol. The first kappa shape index (κ1) is 9.23. The van der Waals surface area contributed by atoms with Crippen molar-refractivity contribution >= 4 is 0 Å². The Balaban J connectivity index is 2.82. The molecule has 1 aliphatic rings. The largest absolute Gasteiger partial charge is 0.316 e. The molecule has 0 aliphatic heterocycles. The SMILES string of the molecule is CC1=CC=CCC=C1C(C)NO. The molecule has 2 N–H and O–H groups in total. The molecule has 2 heteroatoms. The fourth-order valence-corrected chi connectivity index (χ4v) is 1.33. The number of hydrogen-bond donors (Lipinski definition) is 2. The van der Waals surface area contributed by atoms with Crippen LogP contribution in [0.5, 0.6) is 0 Å². The Labute approximate surface area is 73.2 Å². The molecule has 0 spiro atoms. The van der Waals surface area contributed by atoms with E-state index in [0.717, 1.165) is 6.42 Å². The topological polar surface area (TPSA) is 32.3 Å². The Bertz CT molecular complexity index is 238. The van der Waals surface area contributed by atoms with Gasteiger partial charge in [-0.05, 0) is 31.4 Å². The molecule has 1 rings (SSSR count).